The lowest BCUT2D eigenvalue weighted by Gasteiger charge is -2.30. The van der Waals surface area contributed by atoms with Crippen LogP contribution in [0.25, 0.3) is 0 Å². The van der Waals surface area contributed by atoms with Crippen molar-refractivity contribution in [3.63, 3.8) is 0 Å². The van der Waals surface area contributed by atoms with Crippen LogP contribution in [0.3, 0.4) is 0 Å². The fourth-order valence-corrected chi connectivity index (χ4v) is 2.53. The van der Waals surface area contributed by atoms with Crippen LogP contribution in [0, 0.1) is 0 Å². The summed E-state index contributed by atoms with van der Waals surface area (Å²) in [7, 11) is 0. The van der Waals surface area contributed by atoms with Crippen molar-refractivity contribution >= 4 is 28.9 Å². The van der Waals surface area contributed by atoms with E-state index >= 15 is 0 Å². The summed E-state index contributed by atoms with van der Waals surface area (Å²) >= 11 is 12.0. The number of hydrogen-bond acceptors (Lipinski definition) is 4. The molecule has 0 bridgehead atoms. The predicted octanol–water partition coefficient (Wildman–Crippen LogP) is 2.36. The number of nitrogens with one attached hydrogen (secondary N) is 1. The van der Waals surface area contributed by atoms with Gasteiger partial charge in [0.1, 0.15) is 0 Å². The zero-order valence-corrected chi connectivity index (χ0v) is 11.3. The molecule has 1 fully saturated rings. The third-order valence-corrected chi connectivity index (χ3v) is 3.40. The van der Waals surface area contributed by atoms with E-state index in [2.05, 4.69) is 27.3 Å². The first-order chi connectivity index (χ1) is 8.22. The molecule has 1 unspecified atom stereocenters. The highest BCUT2D eigenvalue weighted by atomic mass is 35.5. The van der Waals surface area contributed by atoms with Gasteiger partial charge in [-0.2, -0.15) is 0 Å². The summed E-state index contributed by atoms with van der Waals surface area (Å²) in [6.07, 6.45) is 2.18. The molecule has 0 aromatic carbocycles. The number of aromatic nitrogens is 2. The smallest absolute Gasteiger partial charge is 0.175 e. The van der Waals surface area contributed by atoms with E-state index in [0.717, 1.165) is 38.2 Å². The number of nitrogens with zero attached hydrogens (tertiary/aromatic N) is 3. The van der Waals surface area contributed by atoms with E-state index in [-0.39, 0.29) is 0 Å². The van der Waals surface area contributed by atoms with Crippen molar-refractivity contribution in [2.75, 3.05) is 24.5 Å². The standard InChI is InChI=1S/C11H16Cl2N4/c1-2-5-17(8-3-4-14-7-8)9-6-10(12)15-16-11(9)13/h6,8,14H,2-5,7H2,1H3. The summed E-state index contributed by atoms with van der Waals surface area (Å²) in [5.74, 6) is 0. The fraction of sp³-hybridized carbons (Fsp3) is 0.636. The molecule has 2 heterocycles. The second-order valence-corrected chi connectivity index (χ2v) is 4.93. The van der Waals surface area contributed by atoms with Gasteiger partial charge in [-0.05, 0) is 19.4 Å². The van der Waals surface area contributed by atoms with Gasteiger partial charge >= 0.3 is 0 Å². The summed E-state index contributed by atoms with van der Waals surface area (Å²) in [4.78, 5) is 2.28. The highest BCUT2D eigenvalue weighted by Crippen LogP contribution is 2.28. The number of hydrogen-bond donors (Lipinski definition) is 1. The largest absolute Gasteiger partial charge is 0.365 e. The van der Waals surface area contributed by atoms with Gasteiger partial charge in [0.05, 0.1) is 5.69 Å². The molecule has 17 heavy (non-hydrogen) atoms. The molecular weight excluding hydrogens is 259 g/mol. The Kier molecular flexibility index (Phi) is 4.42. The molecule has 0 radical (unpaired) electrons. The Balaban J connectivity index is 2.27. The van der Waals surface area contributed by atoms with Crippen molar-refractivity contribution in [3.05, 3.63) is 16.4 Å². The molecule has 1 aromatic rings. The van der Waals surface area contributed by atoms with Gasteiger partial charge in [-0.3, -0.25) is 0 Å². The first kappa shape index (κ1) is 12.9. The molecule has 1 atom stereocenters. The number of rotatable bonds is 4. The summed E-state index contributed by atoms with van der Waals surface area (Å²) < 4.78 is 0. The van der Waals surface area contributed by atoms with Crippen molar-refractivity contribution < 1.29 is 0 Å². The van der Waals surface area contributed by atoms with Crippen LogP contribution >= 0.6 is 23.2 Å². The van der Waals surface area contributed by atoms with Crippen LogP contribution in [0.15, 0.2) is 6.07 Å². The van der Waals surface area contributed by atoms with Gasteiger partial charge in [0.2, 0.25) is 0 Å². The molecule has 1 aliphatic rings. The van der Waals surface area contributed by atoms with Crippen molar-refractivity contribution in [1.29, 1.82) is 0 Å². The average Bonchev–Trinajstić information content (AvgIpc) is 2.83. The van der Waals surface area contributed by atoms with E-state index in [9.17, 15) is 0 Å². The van der Waals surface area contributed by atoms with Crippen LogP contribution < -0.4 is 10.2 Å². The molecular formula is C11H16Cl2N4. The molecule has 94 valence electrons. The van der Waals surface area contributed by atoms with Crippen molar-refractivity contribution in [2.45, 2.75) is 25.8 Å². The quantitative estimate of drug-likeness (QED) is 0.915. The van der Waals surface area contributed by atoms with Crippen molar-refractivity contribution in [3.8, 4) is 0 Å². The Morgan fingerprint density at radius 2 is 2.29 bits per heavy atom. The highest BCUT2D eigenvalue weighted by molar-refractivity contribution is 6.33. The van der Waals surface area contributed by atoms with E-state index in [4.69, 9.17) is 23.2 Å². The summed E-state index contributed by atoms with van der Waals surface area (Å²) in [6, 6.07) is 2.26. The van der Waals surface area contributed by atoms with Gasteiger partial charge < -0.3 is 10.2 Å². The third kappa shape index (κ3) is 3.00. The molecule has 0 aliphatic carbocycles. The Morgan fingerprint density at radius 1 is 1.47 bits per heavy atom. The topological polar surface area (TPSA) is 41.1 Å². The molecule has 2 rings (SSSR count). The molecule has 1 N–H and O–H groups in total. The van der Waals surface area contributed by atoms with Crippen LogP contribution in [0.2, 0.25) is 10.3 Å². The van der Waals surface area contributed by atoms with Gasteiger partial charge in [0, 0.05) is 25.2 Å². The van der Waals surface area contributed by atoms with E-state index in [1.807, 2.05) is 0 Å². The van der Waals surface area contributed by atoms with Gasteiger partial charge in [0.15, 0.2) is 10.3 Å². The van der Waals surface area contributed by atoms with Crippen LogP contribution in [-0.2, 0) is 0 Å². The SMILES string of the molecule is CCCN(c1cc(Cl)nnc1Cl)C1CCNC1. The molecule has 1 aliphatic heterocycles. The maximum absolute atomic E-state index is 6.11. The van der Waals surface area contributed by atoms with Gasteiger partial charge in [-0.15, -0.1) is 10.2 Å². The first-order valence-corrected chi connectivity index (χ1v) is 6.64. The third-order valence-electron chi connectivity index (χ3n) is 2.95. The van der Waals surface area contributed by atoms with Crippen molar-refractivity contribution in [1.82, 2.24) is 15.5 Å². The average molecular weight is 275 g/mol. The van der Waals surface area contributed by atoms with E-state index in [0.29, 0.717) is 16.3 Å². The highest BCUT2D eigenvalue weighted by Gasteiger charge is 2.24. The Bertz CT molecular complexity index is 380. The van der Waals surface area contributed by atoms with Gasteiger partial charge in [-0.25, -0.2) is 0 Å². The summed E-state index contributed by atoms with van der Waals surface area (Å²) in [5.41, 5.74) is 0.891. The van der Waals surface area contributed by atoms with Crippen LogP contribution in [0.1, 0.15) is 19.8 Å². The minimum atomic E-state index is 0.386. The van der Waals surface area contributed by atoms with Crippen LogP contribution in [0.4, 0.5) is 5.69 Å². The Morgan fingerprint density at radius 3 is 2.94 bits per heavy atom. The molecule has 1 aromatic heterocycles. The lowest BCUT2D eigenvalue weighted by molar-refractivity contribution is 0.623. The second kappa shape index (κ2) is 5.85. The molecule has 0 amide bonds. The monoisotopic (exact) mass is 274 g/mol. The maximum atomic E-state index is 6.11. The minimum Gasteiger partial charge on any atom is -0.365 e. The molecule has 0 spiro atoms. The lowest BCUT2D eigenvalue weighted by atomic mass is 10.2. The normalized spacial score (nSPS) is 19.6. The zero-order chi connectivity index (χ0) is 12.3. The maximum Gasteiger partial charge on any atom is 0.175 e. The molecule has 6 heteroatoms. The Labute approximate surface area is 111 Å². The lowest BCUT2D eigenvalue weighted by Crippen LogP contribution is -2.37. The Hall–Kier alpha value is -0.580. The predicted molar refractivity (Wildman–Crippen MR) is 71.0 cm³/mol. The molecule has 1 saturated heterocycles. The van der Waals surface area contributed by atoms with Crippen LogP contribution in [0.5, 0.6) is 0 Å². The molecule has 4 nitrogen and oxygen atoms in total. The summed E-state index contributed by atoms with van der Waals surface area (Å²) in [6.45, 7) is 5.14. The van der Waals surface area contributed by atoms with Crippen molar-refractivity contribution in [2.24, 2.45) is 0 Å². The van der Waals surface area contributed by atoms with E-state index in [1.54, 1.807) is 6.07 Å². The van der Waals surface area contributed by atoms with E-state index < -0.39 is 0 Å². The first-order valence-electron chi connectivity index (χ1n) is 5.88. The number of halogens is 2. The van der Waals surface area contributed by atoms with E-state index in [1.165, 1.54) is 0 Å². The summed E-state index contributed by atoms with van der Waals surface area (Å²) in [5, 5.41) is 11.8. The van der Waals surface area contributed by atoms with Crippen LogP contribution in [-0.4, -0.2) is 35.9 Å². The van der Waals surface area contributed by atoms with Gasteiger partial charge in [0.25, 0.3) is 0 Å². The molecule has 0 saturated carbocycles. The fourth-order valence-electron chi connectivity index (χ4n) is 2.19. The zero-order valence-electron chi connectivity index (χ0n) is 9.79. The van der Waals surface area contributed by atoms with Gasteiger partial charge in [-0.1, -0.05) is 30.1 Å². The number of anilines is 1. The minimum absolute atomic E-state index is 0.386. The second-order valence-electron chi connectivity index (χ2n) is 4.18.